The summed E-state index contributed by atoms with van der Waals surface area (Å²) >= 11 is 0. The molecule has 1 amide bonds. The summed E-state index contributed by atoms with van der Waals surface area (Å²) in [6, 6.07) is 10.7. The number of fused-ring (bicyclic) bond motifs is 1. The Bertz CT molecular complexity index is 1230. The topological polar surface area (TPSA) is 108 Å². The maximum Gasteiger partial charge on any atom is 0.339 e. The summed E-state index contributed by atoms with van der Waals surface area (Å²) in [7, 11) is 6.16. The van der Waals surface area contributed by atoms with Crippen LogP contribution in [-0.4, -0.2) is 50.0 Å². The fourth-order valence-corrected chi connectivity index (χ4v) is 4.16. The van der Waals surface area contributed by atoms with Crippen molar-refractivity contribution in [3.8, 4) is 28.7 Å². The number of aromatic nitrogens is 1. The van der Waals surface area contributed by atoms with E-state index in [1.807, 2.05) is 6.07 Å². The SMILES string of the molecule is COc1ccc(-n2cc(C(=O)O)c3c2[C@@H](c2ccc(OC)c(OC)c2)CC(=O)N3)c(OC)c1. The largest absolute Gasteiger partial charge is 0.497 e. The lowest BCUT2D eigenvalue weighted by Crippen LogP contribution is -2.25. The summed E-state index contributed by atoms with van der Waals surface area (Å²) in [4.78, 5) is 24.7. The molecule has 4 rings (SSSR count). The molecule has 2 heterocycles. The van der Waals surface area contributed by atoms with Crippen LogP contribution in [0.2, 0.25) is 0 Å². The van der Waals surface area contributed by atoms with Crippen molar-refractivity contribution in [3.05, 3.63) is 59.4 Å². The van der Waals surface area contributed by atoms with Gasteiger partial charge in [-0.05, 0) is 29.8 Å². The highest BCUT2D eigenvalue weighted by atomic mass is 16.5. The van der Waals surface area contributed by atoms with Gasteiger partial charge in [-0.3, -0.25) is 4.79 Å². The van der Waals surface area contributed by atoms with Crippen LogP contribution in [0, 0.1) is 0 Å². The van der Waals surface area contributed by atoms with Crippen molar-refractivity contribution < 1.29 is 33.6 Å². The number of hydrogen-bond donors (Lipinski definition) is 2. The van der Waals surface area contributed by atoms with E-state index in [9.17, 15) is 14.7 Å². The minimum atomic E-state index is -1.15. The van der Waals surface area contributed by atoms with Crippen LogP contribution in [0.5, 0.6) is 23.0 Å². The first-order chi connectivity index (χ1) is 15.9. The Hall–Kier alpha value is -4.14. The Morgan fingerprint density at radius 3 is 2.33 bits per heavy atom. The first-order valence-corrected chi connectivity index (χ1v) is 10.1. The quantitative estimate of drug-likeness (QED) is 0.563. The summed E-state index contributed by atoms with van der Waals surface area (Å²) in [5.41, 5.74) is 2.27. The molecular weight excluding hydrogens is 428 g/mol. The lowest BCUT2D eigenvalue weighted by Gasteiger charge is -2.27. The molecular formula is C24H24N2O7. The second-order valence-electron chi connectivity index (χ2n) is 7.44. The number of nitrogens with one attached hydrogen (secondary N) is 1. The highest BCUT2D eigenvalue weighted by molar-refractivity contribution is 6.04. The van der Waals surface area contributed by atoms with E-state index in [-0.39, 0.29) is 23.6 Å². The summed E-state index contributed by atoms with van der Waals surface area (Å²) in [5, 5.41) is 12.6. The van der Waals surface area contributed by atoms with E-state index < -0.39 is 11.9 Å². The van der Waals surface area contributed by atoms with Gasteiger partial charge in [-0.15, -0.1) is 0 Å². The molecule has 3 aromatic rings. The van der Waals surface area contributed by atoms with Crippen molar-refractivity contribution in [1.82, 2.24) is 4.57 Å². The van der Waals surface area contributed by atoms with Gasteiger partial charge in [-0.25, -0.2) is 4.79 Å². The van der Waals surface area contributed by atoms with Gasteiger partial charge in [0.25, 0.3) is 0 Å². The van der Waals surface area contributed by atoms with E-state index in [0.29, 0.717) is 34.4 Å². The number of hydrogen-bond acceptors (Lipinski definition) is 6. The maximum atomic E-state index is 12.6. The molecule has 9 heteroatoms. The standard InChI is InChI=1S/C24H24N2O7/c1-30-14-6-7-17(19(10-14)32-3)26-12-16(24(28)29)22-23(26)15(11-21(27)25-22)13-5-8-18(31-2)20(9-13)33-4/h5-10,12,15H,11H2,1-4H3,(H,25,27)(H,28,29)/t15-/m1/s1. The molecule has 0 saturated carbocycles. The molecule has 0 radical (unpaired) electrons. The number of carboxylic acids is 1. The second kappa shape index (κ2) is 8.78. The number of anilines is 1. The van der Waals surface area contributed by atoms with Crippen LogP contribution in [0.25, 0.3) is 5.69 Å². The summed E-state index contributed by atoms with van der Waals surface area (Å²) in [5.74, 6) is 0.302. The predicted octanol–water partition coefficient (Wildman–Crippen LogP) is 3.68. The third-order valence-electron chi connectivity index (χ3n) is 5.71. The number of benzene rings is 2. The molecule has 0 fully saturated rings. The number of amides is 1. The maximum absolute atomic E-state index is 12.6. The fraction of sp³-hybridized carbons (Fsp3) is 0.250. The van der Waals surface area contributed by atoms with Gasteiger partial charge in [0.2, 0.25) is 5.91 Å². The zero-order valence-electron chi connectivity index (χ0n) is 18.7. The first-order valence-electron chi connectivity index (χ1n) is 10.1. The molecule has 1 aliphatic heterocycles. The first kappa shape index (κ1) is 22.1. The summed E-state index contributed by atoms with van der Waals surface area (Å²) in [6.07, 6.45) is 1.63. The van der Waals surface area contributed by atoms with Crippen molar-refractivity contribution in [2.75, 3.05) is 33.8 Å². The van der Waals surface area contributed by atoms with Gasteiger partial charge in [0.1, 0.15) is 17.1 Å². The van der Waals surface area contributed by atoms with Gasteiger partial charge in [-0.1, -0.05) is 6.07 Å². The Balaban J connectivity index is 1.97. The van der Waals surface area contributed by atoms with E-state index in [2.05, 4.69) is 5.32 Å². The number of carbonyl (C=O) groups is 2. The number of methoxy groups -OCH3 is 4. The average Bonchev–Trinajstić information content (AvgIpc) is 3.21. The van der Waals surface area contributed by atoms with Crippen LogP contribution >= 0.6 is 0 Å². The molecule has 1 aliphatic rings. The lowest BCUT2D eigenvalue weighted by molar-refractivity contribution is -0.116. The van der Waals surface area contributed by atoms with Gasteiger partial charge >= 0.3 is 5.97 Å². The van der Waals surface area contributed by atoms with E-state index in [1.165, 1.54) is 20.4 Å². The number of carboxylic acid groups (broad SMARTS) is 1. The molecule has 0 saturated heterocycles. The Morgan fingerprint density at radius 1 is 0.970 bits per heavy atom. The minimum absolute atomic E-state index is 0.0126. The zero-order chi connectivity index (χ0) is 23.7. The van der Waals surface area contributed by atoms with Crippen molar-refractivity contribution in [2.24, 2.45) is 0 Å². The molecule has 1 aromatic heterocycles. The van der Waals surface area contributed by atoms with Crippen LogP contribution in [0.3, 0.4) is 0 Å². The average molecular weight is 452 g/mol. The summed E-state index contributed by atoms with van der Waals surface area (Å²) < 4.78 is 23.4. The molecule has 9 nitrogen and oxygen atoms in total. The Labute approximate surface area is 190 Å². The molecule has 2 aromatic carbocycles. The van der Waals surface area contributed by atoms with E-state index in [1.54, 1.807) is 49.1 Å². The van der Waals surface area contributed by atoms with Gasteiger partial charge < -0.3 is 33.9 Å². The normalized spacial score (nSPS) is 14.8. The van der Waals surface area contributed by atoms with Crippen molar-refractivity contribution in [1.29, 1.82) is 0 Å². The lowest BCUT2D eigenvalue weighted by atomic mass is 9.88. The van der Waals surface area contributed by atoms with Crippen LogP contribution < -0.4 is 24.3 Å². The van der Waals surface area contributed by atoms with Crippen molar-refractivity contribution in [2.45, 2.75) is 12.3 Å². The Kier molecular flexibility index (Phi) is 5.87. The van der Waals surface area contributed by atoms with Crippen LogP contribution in [0.15, 0.2) is 42.6 Å². The fourth-order valence-electron chi connectivity index (χ4n) is 4.16. The van der Waals surface area contributed by atoms with Crippen molar-refractivity contribution >= 4 is 17.6 Å². The number of nitrogens with zero attached hydrogens (tertiary/aromatic N) is 1. The third kappa shape index (κ3) is 3.82. The zero-order valence-corrected chi connectivity index (χ0v) is 18.7. The van der Waals surface area contributed by atoms with Gasteiger partial charge in [-0.2, -0.15) is 0 Å². The van der Waals surface area contributed by atoms with Crippen LogP contribution in [0.4, 0.5) is 5.69 Å². The Morgan fingerprint density at radius 2 is 1.70 bits per heavy atom. The molecule has 1 atom stereocenters. The molecule has 0 aliphatic carbocycles. The predicted molar refractivity (Wildman–Crippen MR) is 120 cm³/mol. The number of carbonyl (C=O) groups excluding carboxylic acids is 1. The highest BCUT2D eigenvalue weighted by Gasteiger charge is 2.35. The summed E-state index contributed by atoms with van der Waals surface area (Å²) in [6.45, 7) is 0. The molecule has 2 N–H and O–H groups in total. The van der Waals surface area contributed by atoms with Gasteiger partial charge in [0.15, 0.2) is 11.5 Å². The highest BCUT2D eigenvalue weighted by Crippen LogP contribution is 2.44. The molecule has 0 spiro atoms. The monoisotopic (exact) mass is 452 g/mol. The number of aromatic carboxylic acids is 1. The second-order valence-corrected chi connectivity index (χ2v) is 7.44. The van der Waals surface area contributed by atoms with E-state index in [4.69, 9.17) is 18.9 Å². The smallest absolute Gasteiger partial charge is 0.339 e. The van der Waals surface area contributed by atoms with Crippen LogP contribution in [-0.2, 0) is 4.79 Å². The molecule has 172 valence electrons. The third-order valence-corrected chi connectivity index (χ3v) is 5.71. The number of rotatable bonds is 7. The van der Waals surface area contributed by atoms with Crippen molar-refractivity contribution in [3.63, 3.8) is 0 Å². The van der Waals surface area contributed by atoms with Gasteiger partial charge in [0, 0.05) is 24.6 Å². The van der Waals surface area contributed by atoms with E-state index >= 15 is 0 Å². The van der Waals surface area contributed by atoms with Crippen LogP contribution in [0.1, 0.15) is 34.0 Å². The molecule has 0 unspecified atom stereocenters. The van der Waals surface area contributed by atoms with E-state index in [0.717, 1.165) is 5.56 Å². The minimum Gasteiger partial charge on any atom is -0.497 e. The molecule has 33 heavy (non-hydrogen) atoms. The molecule has 0 bridgehead atoms. The number of ether oxygens (including phenoxy) is 4. The van der Waals surface area contributed by atoms with Gasteiger partial charge in [0.05, 0.1) is 45.5 Å².